The fraction of sp³-hybridized carbons (Fsp3) is 0.353. The van der Waals surface area contributed by atoms with Crippen molar-refractivity contribution in [2.45, 2.75) is 81.3 Å². The molecule has 2 aliphatic carbocycles. The van der Waals surface area contributed by atoms with E-state index in [0.29, 0.717) is 46.7 Å². The quantitative estimate of drug-likeness (QED) is 0.0887. The molecule has 5 aromatic rings. The van der Waals surface area contributed by atoms with Gasteiger partial charge < -0.3 is 34.5 Å². The highest BCUT2D eigenvalue weighted by Crippen LogP contribution is 2.49. The first-order valence-electron chi connectivity index (χ1n) is 22.2. The number of pyridine rings is 1. The maximum Gasteiger partial charge on any atom is 0.413 e. The molecule has 67 heavy (non-hydrogen) atoms. The predicted molar refractivity (Wildman–Crippen MR) is 252 cm³/mol. The summed E-state index contributed by atoms with van der Waals surface area (Å²) in [5.41, 5.74) is 0.306. The first-order chi connectivity index (χ1) is 32.0. The Morgan fingerprint density at radius 1 is 0.881 bits per heavy atom. The standard InChI is InChI=1S/C51H55N5O10S/c1-7-34-30-51(34,47(59)55-67(61,62)50(24-25-50)29-32-14-10-8-11-15-32)54-45(57)42-27-38(65-43-28-40(33-16-12-9-13-17-33)52-41-26-37(64-6)22-23-39(41)43)31-56(42)46(58)44(49(2,3)4)53-48(60)66-36-20-18-35(63-5)19-21-36/h7-23,26,28,34,38,42,44H,1,24-25,27,29-31H2,2-6H3,(H,53,60)(H,54,57)(H,55,59). The highest BCUT2D eigenvalue weighted by atomic mass is 32.2. The van der Waals surface area contributed by atoms with Crippen LogP contribution < -0.4 is 34.3 Å². The van der Waals surface area contributed by atoms with Gasteiger partial charge in [-0.05, 0) is 73.1 Å². The molecule has 0 bridgehead atoms. The molecule has 350 valence electrons. The first kappa shape index (κ1) is 46.6. The molecule has 3 aliphatic rings. The number of carbonyl (C=O) groups excluding carboxylic acids is 4. The lowest BCUT2D eigenvalue weighted by Crippen LogP contribution is -2.60. The number of nitrogens with zero attached hydrogens (tertiary/aromatic N) is 2. The van der Waals surface area contributed by atoms with Gasteiger partial charge in [0.05, 0.1) is 36.7 Å². The fourth-order valence-electron chi connectivity index (χ4n) is 8.73. The minimum atomic E-state index is -4.20. The number of hydrogen-bond acceptors (Lipinski definition) is 11. The number of benzene rings is 4. The van der Waals surface area contributed by atoms with Gasteiger partial charge in [-0.15, -0.1) is 6.58 Å². The monoisotopic (exact) mass is 929 g/mol. The Morgan fingerprint density at radius 2 is 1.52 bits per heavy atom. The van der Waals surface area contributed by atoms with Gasteiger partial charge in [-0.1, -0.05) is 87.5 Å². The van der Waals surface area contributed by atoms with Gasteiger partial charge in [-0.25, -0.2) is 18.2 Å². The number of fused-ring (bicyclic) bond motifs is 1. The van der Waals surface area contributed by atoms with Crippen LogP contribution in [0.15, 0.2) is 122 Å². The number of sulfonamides is 1. The minimum absolute atomic E-state index is 0.0275. The number of methoxy groups -OCH3 is 2. The second-order valence-electron chi connectivity index (χ2n) is 18.5. The third-order valence-corrected chi connectivity index (χ3v) is 15.0. The van der Waals surface area contributed by atoms with Crippen molar-refractivity contribution in [3.8, 4) is 34.3 Å². The maximum absolute atomic E-state index is 15.0. The molecule has 4 aromatic carbocycles. The topological polar surface area (TPSA) is 192 Å². The van der Waals surface area contributed by atoms with Crippen molar-refractivity contribution in [2.75, 3.05) is 20.8 Å². The lowest BCUT2D eigenvalue weighted by atomic mass is 9.85. The van der Waals surface area contributed by atoms with Crippen molar-refractivity contribution in [3.63, 3.8) is 0 Å². The van der Waals surface area contributed by atoms with Crippen molar-refractivity contribution in [3.05, 3.63) is 127 Å². The second kappa shape index (κ2) is 18.4. The van der Waals surface area contributed by atoms with Gasteiger partial charge in [0.2, 0.25) is 21.8 Å². The summed E-state index contributed by atoms with van der Waals surface area (Å²) in [6.07, 6.45) is 0.865. The molecule has 1 aliphatic heterocycles. The van der Waals surface area contributed by atoms with E-state index in [9.17, 15) is 27.6 Å². The Morgan fingerprint density at radius 3 is 2.13 bits per heavy atom. The number of likely N-dealkylation sites (tertiary alicyclic amines) is 1. The fourth-order valence-corrected chi connectivity index (χ4v) is 10.4. The van der Waals surface area contributed by atoms with E-state index >= 15 is 0 Å². The number of rotatable bonds is 16. The number of amides is 4. The van der Waals surface area contributed by atoms with Gasteiger partial charge in [0.1, 0.15) is 46.7 Å². The molecule has 5 atom stereocenters. The summed E-state index contributed by atoms with van der Waals surface area (Å²) in [6.45, 7) is 9.08. The molecular formula is C51H55N5O10S. The molecule has 3 fully saturated rings. The van der Waals surface area contributed by atoms with Crippen LogP contribution in [0.25, 0.3) is 22.2 Å². The number of aromatic nitrogens is 1. The maximum atomic E-state index is 15.0. The van der Waals surface area contributed by atoms with Gasteiger partial charge >= 0.3 is 6.09 Å². The zero-order valence-electron chi connectivity index (χ0n) is 38.1. The Balaban J connectivity index is 1.09. The van der Waals surface area contributed by atoms with Crippen LogP contribution in [0.3, 0.4) is 0 Å². The molecule has 8 rings (SSSR count). The van der Waals surface area contributed by atoms with Crippen molar-refractivity contribution in [2.24, 2.45) is 11.3 Å². The predicted octanol–water partition coefficient (Wildman–Crippen LogP) is 6.75. The number of nitrogens with one attached hydrogen (secondary N) is 3. The van der Waals surface area contributed by atoms with E-state index in [1.54, 1.807) is 64.3 Å². The van der Waals surface area contributed by atoms with E-state index in [0.717, 1.165) is 11.1 Å². The molecule has 1 saturated heterocycles. The van der Waals surface area contributed by atoms with Crippen molar-refractivity contribution in [1.82, 2.24) is 25.2 Å². The second-order valence-corrected chi connectivity index (χ2v) is 20.6. The summed E-state index contributed by atoms with van der Waals surface area (Å²) in [5, 5.41) is 6.27. The van der Waals surface area contributed by atoms with Crippen molar-refractivity contribution >= 4 is 44.7 Å². The molecule has 2 heterocycles. The molecule has 4 amide bonds. The average molecular weight is 930 g/mol. The summed E-state index contributed by atoms with van der Waals surface area (Å²) in [4.78, 5) is 63.8. The molecule has 5 unspecified atom stereocenters. The van der Waals surface area contributed by atoms with Crippen LogP contribution in [0, 0.1) is 11.3 Å². The Bertz CT molecular complexity index is 2800. The Labute approximate surface area is 390 Å². The first-order valence-corrected chi connectivity index (χ1v) is 23.7. The van der Waals surface area contributed by atoms with Gasteiger partial charge in [-0.2, -0.15) is 0 Å². The third kappa shape index (κ3) is 9.80. The summed E-state index contributed by atoms with van der Waals surface area (Å²) < 4.78 is 52.1. The van der Waals surface area contributed by atoms with Crippen LogP contribution in [-0.4, -0.2) is 91.4 Å². The molecular weight excluding hydrogens is 875 g/mol. The SMILES string of the molecule is C=CC1CC1(NC(=O)C1CC(Oc2cc(-c3ccccc3)nc3cc(OC)ccc23)CN1C(=O)C(NC(=O)Oc1ccc(OC)cc1)C(C)(C)C)C(=O)NS(=O)(=O)C1(Cc2ccccc2)CC1. The minimum Gasteiger partial charge on any atom is -0.497 e. The van der Waals surface area contributed by atoms with Crippen LogP contribution in [-0.2, 0) is 30.8 Å². The van der Waals surface area contributed by atoms with Crippen LogP contribution in [0.1, 0.15) is 52.0 Å². The summed E-state index contributed by atoms with van der Waals surface area (Å²) >= 11 is 0. The zero-order chi connectivity index (χ0) is 47.7. The van der Waals surface area contributed by atoms with Crippen molar-refractivity contribution in [1.29, 1.82) is 0 Å². The van der Waals surface area contributed by atoms with Gasteiger partial charge in [0.25, 0.3) is 5.91 Å². The van der Waals surface area contributed by atoms with E-state index in [1.807, 2.05) is 72.8 Å². The lowest BCUT2D eigenvalue weighted by molar-refractivity contribution is -0.142. The van der Waals surface area contributed by atoms with E-state index in [-0.39, 0.29) is 31.6 Å². The molecule has 15 nitrogen and oxygen atoms in total. The highest BCUT2D eigenvalue weighted by Gasteiger charge is 2.63. The van der Waals surface area contributed by atoms with Crippen LogP contribution in [0.5, 0.6) is 23.0 Å². The summed E-state index contributed by atoms with van der Waals surface area (Å²) in [5.74, 6) is -0.984. The Kier molecular flexibility index (Phi) is 12.8. The normalized spacial score (nSPS) is 21.0. The molecule has 16 heteroatoms. The smallest absolute Gasteiger partial charge is 0.413 e. The summed E-state index contributed by atoms with van der Waals surface area (Å²) in [7, 11) is -1.12. The zero-order valence-corrected chi connectivity index (χ0v) is 38.9. The number of carbonyl (C=O) groups is 4. The molecule has 2 saturated carbocycles. The van der Waals surface area contributed by atoms with E-state index < -0.39 is 73.6 Å². The largest absolute Gasteiger partial charge is 0.497 e. The lowest BCUT2D eigenvalue weighted by Gasteiger charge is -2.35. The van der Waals surface area contributed by atoms with E-state index in [2.05, 4.69) is 21.9 Å². The van der Waals surface area contributed by atoms with Crippen molar-refractivity contribution < 1.29 is 46.5 Å². The van der Waals surface area contributed by atoms with Gasteiger partial charge in [0.15, 0.2) is 0 Å². The van der Waals surface area contributed by atoms with Crippen LogP contribution >= 0.6 is 0 Å². The Hall–Kier alpha value is -6.94. The molecule has 0 spiro atoms. The van der Waals surface area contributed by atoms with E-state index in [1.165, 1.54) is 18.1 Å². The van der Waals surface area contributed by atoms with Crippen LogP contribution in [0.4, 0.5) is 4.79 Å². The van der Waals surface area contributed by atoms with Crippen LogP contribution in [0.2, 0.25) is 0 Å². The summed E-state index contributed by atoms with van der Waals surface area (Å²) in [6, 6.07) is 29.9. The van der Waals surface area contributed by atoms with Gasteiger partial charge in [-0.3, -0.25) is 19.1 Å². The average Bonchev–Trinajstić information content (AvgIpc) is 4.22. The number of ether oxygens (including phenoxy) is 4. The molecule has 1 aromatic heterocycles. The van der Waals surface area contributed by atoms with Gasteiger partial charge in [0, 0.05) is 35.4 Å². The molecule has 0 radical (unpaired) electrons. The molecule has 3 N–H and O–H groups in total. The van der Waals surface area contributed by atoms with E-state index in [4.69, 9.17) is 23.9 Å². The number of hydrogen-bond donors (Lipinski definition) is 3. The highest BCUT2D eigenvalue weighted by molar-refractivity contribution is 7.91. The third-order valence-electron chi connectivity index (χ3n) is 12.9.